The molecule has 4 rings (SSSR count). The van der Waals surface area contributed by atoms with Gasteiger partial charge in [-0.15, -0.1) is 11.8 Å². The highest BCUT2D eigenvalue weighted by Gasteiger charge is 2.44. The molecule has 0 saturated carbocycles. The van der Waals surface area contributed by atoms with Crippen LogP contribution in [0.1, 0.15) is 55.0 Å². The summed E-state index contributed by atoms with van der Waals surface area (Å²) < 4.78 is 92.8. The number of alkyl halides is 6. The van der Waals surface area contributed by atoms with Crippen molar-refractivity contribution < 1.29 is 45.4 Å². The number of rotatable bonds is 11. The Morgan fingerprint density at radius 1 is 0.958 bits per heavy atom. The molecule has 0 aliphatic carbocycles. The molecule has 256 valence electrons. The minimum Gasteiger partial charge on any atom is -0.469 e. The van der Waals surface area contributed by atoms with Crippen LogP contribution < -0.4 is 0 Å². The minimum absolute atomic E-state index is 0.0109. The monoisotopic (exact) mass is 695 g/mol. The van der Waals surface area contributed by atoms with Gasteiger partial charge in [0, 0.05) is 29.1 Å². The molecule has 0 N–H and O–H groups in total. The number of hydrogen-bond acceptors (Lipinski definition) is 9. The maximum absolute atomic E-state index is 13.8. The fourth-order valence-electron chi connectivity index (χ4n) is 5.22. The van der Waals surface area contributed by atoms with Gasteiger partial charge in [-0.1, -0.05) is 6.07 Å². The van der Waals surface area contributed by atoms with E-state index in [4.69, 9.17) is 9.47 Å². The number of carbonyl (C=O) groups excluding carboxylic acids is 2. The molecule has 4 aromatic rings. The van der Waals surface area contributed by atoms with Crippen LogP contribution in [-0.2, 0) is 36.8 Å². The Balaban J connectivity index is 1.91. The van der Waals surface area contributed by atoms with Crippen LogP contribution >= 0.6 is 11.8 Å². The summed E-state index contributed by atoms with van der Waals surface area (Å²) in [5.74, 6) is -1.51. The maximum atomic E-state index is 13.8. The van der Waals surface area contributed by atoms with Crippen molar-refractivity contribution in [2.24, 2.45) is 4.99 Å². The quantitative estimate of drug-likeness (QED) is 0.0696. The molecule has 0 spiro atoms. The fourth-order valence-corrected chi connectivity index (χ4v) is 5.90. The van der Waals surface area contributed by atoms with Gasteiger partial charge in [0.05, 0.1) is 38.2 Å². The number of carbonyl (C=O) groups is 2. The highest BCUT2D eigenvalue weighted by Crippen LogP contribution is 2.41. The van der Waals surface area contributed by atoms with Crippen molar-refractivity contribution in [3.05, 3.63) is 71.3 Å². The first-order valence-corrected chi connectivity index (χ1v) is 15.6. The lowest BCUT2D eigenvalue weighted by Crippen LogP contribution is -2.41. The number of aliphatic imine (C=N–C) groups is 1. The first-order valence-electron chi connectivity index (χ1n) is 14.4. The number of nitrogens with zero attached hydrogens (tertiary/aromatic N) is 5. The summed E-state index contributed by atoms with van der Waals surface area (Å²) >= 11 is 1.27. The molecule has 2 aromatic heterocycles. The normalized spacial score (nSPS) is 13.7. The number of esters is 2. The molecule has 0 radical (unpaired) electrons. The third-order valence-corrected chi connectivity index (χ3v) is 8.47. The lowest BCUT2D eigenvalue weighted by Gasteiger charge is -2.32. The van der Waals surface area contributed by atoms with E-state index < -0.39 is 52.9 Å². The molecule has 0 bridgehead atoms. The van der Waals surface area contributed by atoms with Crippen molar-refractivity contribution in [3.8, 4) is 11.3 Å². The summed E-state index contributed by atoms with van der Waals surface area (Å²) in [6, 6.07) is 6.26. The number of hydrogen-bond donors (Lipinski definition) is 0. The number of ether oxygens (including phenoxy) is 2. The largest absolute Gasteiger partial charge is 0.469 e. The van der Waals surface area contributed by atoms with Gasteiger partial charge in [-0.05, 0) is 68.0 Å². The summed E-state index contributed by atoms with van der Waals surface area (Å²) in [4.78, 5) is 44.2. The van der Waals surface area contributed by atoms with E-state index in [0.717, 1.165) is 20.4 Å². The molecule has 48 heavy (non-hydrogen) atoms. The molecule has 9 nitrogen and oxygen atoms in total. The molecule has 1 atom stereocenters. The Labute approximate surface area is 275 Å². The van der Waals surface area contributed by atoms with E-state index in [1.54, 1.807) is 30.8 Å². The lowest BCUT2D eigenvalue weighted by atomic mass is 9.75. The van der Waals surface area contributed by atoms with E-state index in [0.29, 0.717) is 45.0 Å². The molecule has 0 fully saturated rings. The number of halogens is 6. The predicted molar refractivity (Wildman–Crippen MR) is 167 cm³/mol. The number of aromatic nitrogens is 4. The number of fused-ring (bicyclic) bond motifs is 1. The van der Waals surface area contributed by atoms with Gasteiger partial charge in [0.15, 0.2) is 5.65 Å². The highest BCUT2D eigenvalue weighted by molar-refractivity contribution is 7.98. The number of imidazole rings is 1. The van der Waals surface area contributed by atoms with Crippen LogP contribution in [0.2, 0.25) is 0 Å². The van der Waals surface area contributed by atoms with Crippen LogP contribution in [0.3, 0.4) is 0 Å². The molecule has 0 amide bonds. The average Bonchev–Trinajstić information content (AvgIpc) is 3.49. The zero-order chi connectivity index (χ0) is 35.4. The smallest absolute Gasteiger partial charge is 0.416 e. The van der Waals surface area contributed by atoms with Crippen molar-refractivity contribution in [1.29, 1.82) is 0 Å². The van der Waals surface area contributed by atoms with E-state index >= 15 is 0 Å². The van der Waals surface area contributed by atoms with Gasteiger partial charge in [0.1, 0.15) is 23.0 Å². The molecule has 1 unspecified atom stereocenters. The van der Waals surface area contributed by atoms with E-state index in [-0.39, 0.29) is 24.9 Å². The van der Waals surface area contributed by atoms with Crippen LogP contribution in [0.25, 0.3) is 22.4 Å². The Morgan fingerprint density at radius 3 is 2.19 bits per heavy atom. The molecule has 16 heteroatoms. The third kappa shape index (κ3) is 7.63. The molecule has 0 saturated heterocycles. The summed E-state index contributed by atoms with van der Waals surface area (Å²) in [6.07, 6.45) is -5.06. The maximum Gasteiger partial charge on any atom is 0.416 e. The summed E-state index contributed by atoms with van der Waals surface area (Å²) in [5.41, 5.74) is -2.92. The zero-order valence-electron chi connectivity index (χ0n) is 26.4. The van der Waals surface area contributed by atoms with E-state index in [1.807, 2.05) is 18.4 Å². The van der Waals surface area contributed by atoms with E-state index in [2.05, 4.69) is 19.9 Å². The van der Waals surface area contributed by atoms with Gasteiger partial charge < -0.3 is 14.0 Å². The molecule has 2 aromatic carbocycles. The van der Waals surface area contributed by atoms with E-state index in [1.165, 1.54) is 18.1 Å². The first-order chi connectivity index (χ1) is 22.5. The summed E-state index contributed by atoms with van der Waals surface area (Å²) in [7, 11) is 2.28. The standard InChI is InChI=1S/C32H31F6N5O4S/c1-18(2)43-17-42-27-26(40-16-41-28(27)43)20-6-7-24(48-5)23(12-20)30(29(45)47-4,9-8-25(44)46-3)15-39-14-19-10-21(31(33,34)35)13-22(11-19)32(36,37)38/h6-7,10-14,16-18H,8-9,15H2,1-5H3. The van der Waals surface area contributed by atoms with Gasteiger partial charge >= 0.3 is 24.3 Å². The minimum atomic E-state index is -5.06. The van der Waals surface area contributed by atoms with Gasteiger partial charge in [-0.25, -0.2) is 15.0 Å². The molecule has 0 aliphatic rings. The molecule has 0 aliphatic heterocycles. The number of benzene rings is 2. The van der Waals surface area contributed by atoms with Crippen LogP contribution in [0, 0.1) is 0 Å². The molecular weight excluding hydrogens is 664 g/mol. The van der Waals surface area contributed by atoms with Gasteiger partial charge in [-0.3, -0.25) is 14.6 Å². The van der Waals surface area contributed by atoms with Gasteiger partial charge in [-0.2, -0.15) is 26.3 Å². The second kappa shape index (κ2) is 14.3. The van der Waals surface area contributed by atoms with Crippen molar-refractivity contribution >= 4 is 41.1 Å². The Morgan fingerprint density at radius 2 is 1.62 bits per heavy atom. The second-order valence-corrected chi connectivity index (χ2v) is 11.9. The predicted octanol–water partition coefficient (Wildman–Crippen LogP) is 7.32. The Kier molecular flexibility index (Phi) is 10.9. The van der Waals surface area contributed by atoms with Crippen molar-refractivity contribution in [1.82, 2.24) is 19.5 Å². The zero-order valence-corrected chi connectivity index (χ0v) is 27.3. The second-order valence-electron chi connectivity index (χ2n) is 11.0. The summed E-state index contributed by atoms with van der Waals surface area (Å²) in [5, 5.41) is 0. The van der Waals surface area contributed by atoms with Crippen LogP contribution in [0.4, 0.5) is 26.3 Å². The average molecular weight is 696 g/mol. The highest BCUT2D eigenvalue weighted by atomic mass is 32.2. The lowest BCUT2D eigenvalue weighted by molar-refractivity contribution is -0.149. The van der Waals surface area contributed by atoms with Crippen molar-refractivity contribution in [3.63, 3.8) is 0 Å². The first kappa shape index (κ1) is 36.4. The van der Waals surface area contributed by atoms with E-state index in [9.17, 15) is 35.9 Å². The Hall–Kier alpha value is -4.47. The van der Waals surface area contributed by atoms with Crippen LogP contribution in [0.15, 0.2) is 58.9 Å². The Bertz CT molecular complexity index is 1810. The SMILES string of the molecule is COC(=O)CCC(CN=Cc1cc(C(F)(F)F)cc(C(F)(F)F)c1)(C(=O)OC)c1cc(-c2ncnc3c2ncn3C(C)C)ccc1SC. The summed E-state index contributed by atoms with van der Waals surface area (Å²) in [6.45, 7) is 3.42. The topological polar surface area (TPSA) is 109 Å². The number of thioether (sulfide) groups is 1. The third-order valence-electron chi connectivity index (χ3n) is 7.67. The molecule has 2 heterocycles. The van der Waals surface area contributed by atoms with Gasteiger partial charge in [0.25, 0.3) is 0 Å². The fraction of sp³-hybridized carbons (Fsp3) is 0.375. The van der Waals surface area contributed by atoms with Crippen LogP contribution in [0.5, 0.6) is 0 Å². The van der Waals surface area contributed by atoms with Crippen LogP contribution in [-0.4, -0.2) is 64.7 Å². The number of methoxy groups -OCH3 is 2. The molecular formula is C32H31F6N5O4S. The van der Waals surface area contributed by atoms with Crippen molar-refractivity contribution in [2.75, 3.05) is 27.0 Å². The van der Waals surface area contributed by atoms with Gasteiger partial charge in [0.2, 0.25) is 0 Å². The van der Waals surface area contributed by atoms with Crippen molar-refractivity contribution in [2.45, 2.75) is 55.4 Å².